The Morgan fingerprint density at radius 1 is 1.67 bits per heavy atom. The fraction of sp³-hybridized carbons (Fsp3) is 0. The fourth-order valence-electron chi connectivity index (χ4n) is 0.362. The zero-order chi connectivity index (χ0) is 6.91. The van der Waals surface area contributed by atoms with Crippen molar-refractivity contribution in [2.75, 3.05) is 0 Å². The van der Waals surface area contributed by atoms with Gasteiger partial charge in [0.1, 0.15) is 6.20 Å². The summed E-state index contributed by atoms with van der Waals surface area (Å²) in [6.45, 7) is 0. The van der Waals surface area contributed by atoms with Crippen LogP contribution in [0.1, 0.15) is 0 Å². The third kappa shape index (κ3) is 1.27. The lowest BCUT2D eigenvalue weighted by Gasteiger charge is -1.91. The summed E-state index contributed by atoms with van der Waals surface area (Å²) < 4.78 is 21.3. The molecule has 1 radical (unpaired) electrons. The van der Waals surface area contributed by atoms with Crippen LogP contribution in [0.25, 0.3) is 0 Å². The molecule has 5 nitrogen and oxygen atoms in total. The molecule has 0 fully saturated rings. The second-order valence-corrected chi connectivity index (χ2v) is 2.77. The van der Waals surface area contributed by atoms with Gasteiger partial charge in [-0.15, -0.1) is 0 Å². The summed E-state index contributed by atoms with van der Waals surface area (Å²) in [5, 5.41) is 7.92. The van der Waals surface area contributed by atoms with Crippen molar-refractivity contribution in [1.82, 2.24) is 9.19 Å². The van der Waals surface area contributed by atoms with E-state index in [2.05, 4.69) is 16.4 Å². The van der Waals surface area contributed by atoms with Gasteiger partial charge in [-0.25, -0.2) is 5.14 Å². The third-order valence-corrected chi connectivity index (χ3v) is 1.42. The van der Waals surface area contributed by atoms with Gasteiger partial charge in [-0.1, -0.05) is 0 Å². The summed E-state index contributed by atoms with van der Waals surface area (Å²) in [4.78, 5) is 0. The van der Waals surface area contributed by atoms with Crippen molar-refractivity contribution < 1.29 is 8.42 Å². The molecular weight excluding hydrogens is 142 g/mol. The quantitative estimate of drug-likeness (QED) is 0.536. The average Bonchev–Trinajstić information content (AvgIpc) is 2.08. The van der Waals surface area contributed by atoms with E-state index in [9.17, 15) is 8.42 Å². The molecule has 0 aliphatic carbocycles. The lowest BCUT2D eigenvalue weighted by Crippen LogP contribution is -2.21. The normalized spacial score (nSPS) is 11.7. The van der Waals surface area contributed by atoms with Crippen molar-refractivity contribution in [3.8, 4) is 0 Å². The van der Waals surface area contributed by atoms with Crippen molar-refractivity contribution in [3.05, 3.63) is 18.5 Å². The summed E-state index contributed by atoms with van der Waals surface area (Å²) in [5.74, 6) is 0. The second-order valence-electron chi connectivity index (χ2n) is 1.36. The highest BCUT2D eigenvalue weighted by atomic mass is 32.2. The molecule has 0 amide bonds. The minimum Gasteiger partial charge on any atom is -0.210 e. The van der Waals surface area contributed by atoms with Crippen molar-refractivity contribution in [1.29, 1.82) is 0 Å². The Hall–Kier alpha value is -0.880. The van der Waals surface area contributed by atoms with Gasteiger partial charge in [0.15, 0.2) is 0 Å². The molecule has 6 heteroatoms. The molecule has 1 aromatic heterocycles. The lowest BCUT2D eigenvalue weighted by atomic mass is 10.8. The van der Waals surface area contributed by atoms with Crippen LogP contribution in [0, 0.1) is 6.20 Å². The van der Waals surface area contributed by atoms with Gasteiger partial charge in [0, 0.05) is 6.20 Å². The number of nitrogens with two attached hydrogens (primary N) is 1. The second kappa shape index (κ2) is 1.82. The standard InChI is InChI=1S/C3H4N3O2S/c4-9(7,8)6-3-1-2-5-6/h1,3H,(H2,4,7,8). The van der Waals surface area contributed by atoms with Crippen LogP contribution >= 0.6 is 0 Å². The topological polar surface area (TPSA) is 78.0 Å². The van der Waals surface area contributed by atoms with Gasteiger partial charge in [0.25, 0.3) is 0 Å². The van der Waals surface area contributed by atoms with Crippen molar-refractivity contribution in [2.24, 2.45) is 5.14 Å². The third-order valence-electron chi connectivity index (χ3n) is 0.694. The van der Waals surface area contributed by atoms with Gasteiger partial charge < -0.3 is 0 Å². The summed E-state index contributed by atoms with van der Waals surface area (Å²) in [6.07, 6.45) is 3.49. The van der Waals surface area contributed by atoms with E-state index in [1.54, 1.807) is 0 Å². The predicted octanol–water partition coefficient (Wildman–Crippen LogP) is -1.27. The summed E-state index contributed by atoms with van der Waals surface area (Å²) in [7, 11) is -3.69. The van der Waals surface area contributed by atoms with E-state index in [4.69, 9.17) is 0 Å². The monoisotopic (exact) mass is 146 g/mol. The Morgan fingerprint density at radius 2 is 2.33 bits per heavy atom. The van der Waals surface area contributed by atoms with Crippen LogP contribution < -0.4 is 5.14 Å². The molecule has 1 rings (SSSR count). The van der Waals surface area contributed by atoms with Gasteiger partial charge in [0.05, 0.1) is 0 Å². The maximum Gasteiger partial charge on any atom is 0.317 e. The molecule has 49 valence electrons. The molecule has 0 bridgehead atoms. The first-order valence-electron chi connectivity index (χ1n) is 2.06. The molecule has 9 heavy (non-hydrogen) atoms. The molecule has 0 spiro atoms. The van der Waals surface area contributed by atoms with Crippen LogP contribution in [0.2, 0.25) is 0 Å². The Kier molecular flexibility index (Phi) is 1.26. The number of hydrogen-bond acceptors (Lipinski definition) is 3. The van der Waals surface area contributed by atoms with Gasteiger partial charge in [-0.05, 0) is 6.07 Å². The summed E-state index contributed by atoms with van der Waals surface area (Å²) in [6, 6.07) is 1.35. The minimum absolute atomic E-state index is 0.632. The van der Waals surface area contributed by atoms with Crippen LogP contribution in [0.3, 0.4) is 0 Å². The Morgan fingerprint density at radius 3 is 2.56 bits per heavy atom. The van der Waals surface area contributed by atoms with Crippen LogP contribution in [-0.4, -0.2) is 17.6 Å². The molecular formula is C3H4N3O2S. The first-order chi connectivity index (χ1) is 4.11. The maximum atomic E-state index is 10.4. The molecule has 0 aromatic carbocycles. The smallest absolute Gasteiger partial charge is 0.210 e. The van der Waals surface area contributed by atoms with E-state index in [1.165, 1.54) is 12.3 Å². The van der Waals surface area contributed by atoms with Crippen LogP contribution in [0.15, 0.2) is 12.3 Å². The maximum absolute atomic E-state index is 10.4. The number of hydrogen-bond donors (Lipinski definition) is 1. The minimum atomic E-state index is -3.69. The van der Waals surface area contributed by atoms with Crippen molar-refractivity contribution >= 4 is 10.2 Å². The summed E-state index contributed by atoms with van der Waals surface area (Å²) in [5.41, 5.74) is 0. The molecule has 0 atom stereocenters. The van der Waals surface area contributed by atoms with Gasteiger partial charge in [0.2, 0.25) is 0 Å². The number of aromatic nitrogens is 2. The summed E-state index contributed by atoms with van der Waals surface area (Å²) >= 11 is 0. The zero-order valence-electron chi connectivity index (χ0n) is 4.35. The van der Waals surface area contributed by atoms with E-state index in [0.717, 1.165) is 0 Å². The highest BCUT2D eigenvalue weighted by Crippen LogP contribution is 1.84. The lowest BCUT2D eigenvalue weighted by molar-refractivity contribution is 0.582. The predicted molar refractivity (Wildman–Crippen MR) is 29.6 cm³/mol. The molecule has 0 saturated heterocycles. The molecule has 0 aliphatic rings. The van der Waals surface area contributed by atoms with Gasteiger partial charge in [-0.2, -0.15) is 17.6 Å². The van der Waals surface area contributed by atoms with Crippen LogP contribution in [-0.2, 0) is 10.2 Å². The molecule has 2 N–H and O–H groups in total. The van der Waals surface area contributed by atoms with Crippen molar-refractivity contribution in [2.45, 2.75) is 0 Å². The largest absolute Gasteiger partial charge is 0.317 e. The average molecular weight is 146 g/mol. The van der Waals surface area contributed by atoms with Gasteiger partial charge in [-0.3, -0.25) is 0 Å². The Bertz CT molecular complexity index is 274. The SMILES string of the molecule is NS(=O)(=O)n1cc[c]n1. The van der Waals surface area contributed by atoms with E-state index in [1.807, 2.05) is 0 Å². The van der Waals surface area contributed by atoms with E-state index in [0.29, 0.717) is 4.09 Å². The molecule has 0 unspecified atom stereocenters. The molecule has 0 saturated carbocycles. The molecule has 0 aliphatic heterocycles. The first kappa shape index (κ1) is 6.24. The number of nitrogens with zero attached hydrogens (tertiary/aromatic N) is 2. The fourth-order valence-corrected chi connectivity index (χ4v) is 0.754. The first-order valence-corrected chi connectivity index (χ1v) is 3.56. The van der Waals surface area contributed by atoms with E-state index in [-0.39, 0.29) is 0 Å². The highest BCUT2D eigenvalue weighted by Gasteiger charge is 2.02. The Labute approximate surface area is 52.3 Å². The van der Waals surface area contributed by atoms with Crippen molar-refractivity contribution in [3.63, 3.8) is 0 Å². The van der Waals surface area contributed by atoms with Crippen LogP contribution in [0.4, 0.5) is 0 Å². The Balaban J connectivity index is 3.20. The zero-order valence-corrected chi connectivity index (χ0v) is 5.17. The van der Waals surface area contributed by atoms with E-state index < -0.39 is 10.2 Å². The molecule has 1 aromatic rings. The molecule has 1 heterocycles. The van der Waals surface area contributed by atoms with Crippen LogP contribution in [0.5, 0.6) is 0 Å². The highest BCUT2D eigenvalue weighted by molar-refractivity contribution is 7.87. The van der Waals surface area contributed by atoms with Gasteiger partial charge >= 0.3 is 10.2 Å². The number of rotatable bonds is 1. The van der Waals surface area contributed by atoms with E-state index >= 15 is 0 Å².